The summed E-state index contributed by atoms with van der Waals surface area (Å²) in [7, 11) is 3.11. The zero-order valence-corrected chi connectivity index (χ0v) is 13.2. The van der Waals surface area contributed by atoms with E-state index in [0.717, 1.165) is 12.8 Å². The van der Waals surface area contributed by atoms with E-state index in [1.807, 2.05) is 0 Å². The Morgan fingerprint density at radius 2 is 1.91 bits per heavy atom. The fourth-order valence-corrected chi connectivity index (χ4v) is 2.34. The monoisotopic (exact) mass is 306 g/mol. The molecule has 1 saturated carbocycles. The molecule has 1 N–H and O–H groups in total. The predicted octanol–water partition coefficient (Wildman–Crippen LogP) is 2.04. The van der Waals surface area contributed by atoms with Gasteiger partial charge in [-0.15, -0.1) is 0 Å². The summed E-state index contributed by atoms with van der Waals surface area (Å²) in [5, 5.41) is 2.81. The number of anilines is 1. The standard InChI is InChI=1S/C16H22N2O4/c1-11(19)18(13-5-6-13)9-8-16(20)17-12-4-7-14(21-2)15(10-12)22-3/h4,7,10,13H,5-6,8-9H2,1-3H3,(H,17,20). The third kappa shape index (κ3) is 4.13. The van der Waals surface area contributed by atoms with Crippen molar-refractivity contribution in [2.75, 3.05) is 26.1 Å². The molecule has 0 radical (unpaired) electrons. The van der Waals surface area contributed by atoms with Gasteiger partial charge in [0.1, 0.15) is 0 Å². The third-order valence-electron chi connectivity index (χ3n) is 3.64. The normalized spacial score (nSPS) is 13.4. The number of methoxy groups -OCH3 is 2. The molecule has 1 aliphatic carbocycles. The molecule has 2 amide bonds. The summed E-state index contributed by atoms with van der Waals surface area (Å²) in [5.74, 6) is 1.07. The summed E-state index contributed by atoms with van der Waals surface area (Å²) in [6, 6.07) is 5.52. The van der Waals surface area contributed by atoms with E-state index in [1.165, 1.54) is 0 Å². The Morgan fingerprint density at radius 3 is 2.45 bits per heavy atom. The molecule has 0 heterocycles. The zero-order chi connectivity index (χ0) is 16.1. The molecular formula is C16H22N2O4. The van der Waals surface area contributed by atoms with Crippen LogP contribution in [0.25, 0.3) is 0 Å². The molecule has 0 aromatic heterocycles. The highest BCUT2D eigenvalue weighted by Gasteiger charge is 2.30. The second-order valence-electron chi connectivity index (χ2n) is 5.31. The average molecular weight is 306 g/mol. The van der Waals surface area contributed by atoms with E-state index in [4.69, 9.17) is 9.47 Å². The summed E-state index contributed by atoms with van der Waals surface area (Å²) in [5.41, 5.74) is 0.642. The van der Waals surface area contributed by atoms with Gasteiger partial charge < -0.3 is 19.7 Å². The van der Waals surface area contributed by atoms with Crippen LogP contribution < -0.4 is 14.8 Å². The Hall–Kier alpha value is -2.24. The van der Waals surface area contributed by atoms with Crippen LogP contribution >= 0.6 is 0 Å². The minimum atomic E-state index is -0.126. The van der Waals surface area contributed by atoms with Crippen LogP contribution in [0.1, 0.15) is 26.2 Å². The van der Waals surface area contributed by atoms with Crippen molar-refractivity contribution in [1.29, 1.82) is 0 Å². The van der Waals surface area contributed by atoms with E-state index in [1.54, 1.807) is 44.2 Å². The number of amides is 2. The quantitative estimate of drug-likeness (QED) is 0.837. The van der Waals surface area contributed by atoms with Gasteiger partial charge in [0.15, 0.2) is 11.5 Å². The van der Waals surface area contributed by atoms with Gasteiger partial charge in [-0.3, -0.25) is 9.59 Å². The molecule has 0 bridgehead atoms. The number of carbonyl (C=O) groups is 2. The minimum absolute atomic E-state index is 0.0291. The van der Waals surface area contributed by atoms with Crippen LogP contribution in [0.2, 0.25) is 0 Å². The van der Waals surface area contributed by atoms with Gasteiger partial charge in [0.05, 0.1) is 14.2 Å². The van der Waals surface area contributed by atoms with Crippen molar-refractivity contribution in [2.45, 2.75) is 32.2 Å². The number of ether oxygens (including phenoxy) is 2. The van der Waals surface area contributed by atoms with Crippen LogP contribution in [-0.2, 0) is 9.59 Å². The van der Waals surface area contributed by atoms with Crippen molar-refractivity contribution >= 4 is 17.5 Å². The molecule has 6 heteroatoms. The molecule has 120 valence electrons. The zero-order valence-electron chi connectivity index (χ0n) is 13.2. The van der Waals surface area contributed by atoms with Crippen LogP contribution in [-0.4, -0.2) is 43.5 Å². The smallest absolute Gasteiger partial charge is 0.226 e. The van der Waals surface area contributed by atoms with Crippen molar-refractivity contribution < 1.29 is 19.1 Å². The van der Waals surface area contributed by atoms with Gasteiger partial charge in [-0.05, 0) is 25.0 Å². The summed E-state index contributed by atoms with van der Waals surface area (Å²) < 4.78 is 10.4. The summed E-state index contributed by atoms with van der Waals surface area (Å²) in [6.07, 6.45) is 2.36. The molecule has 2 rings (SSSR count). The number of rotatable bonds is 7. The fourth-order valence-electron chi connectivity index (χ4n) is 2.34. The average Bonchev–Trinajstić information content (AvgIpc) is 3.31. The highest BCUT2D eigenvalue weighted by molar-refractivity contribution is 5.91. The molecule has 1 aliphatic rings. The SMILES string of the molecule is COc1ccc(NC(=O)CCN(C(C)=O)C2CC2)cc1OC. The maximum atomic E-state index is 12.0. The number of benzene rings is 1. The molecular weight excluding hydrogens is 284 g/mol. The first-order chi connectivity index (χ1) is 10.5. The maximum absolute atomic E-state index is 12.0. The second kappa shape index (κ2) is 7.15. The number of hydrogen-bond acceptors (Lipinski definition) is 4. The summed E-state index contributed by atoms with van der Waals surface area (Å²) in [6.45, 7) is 2.00. The largest absolute Gasteiger partial charge is 0.493 e. The Labute approximate surface area is 130 Å². The van der Waals surface area contributed by atoms with Crippen LogP contribution in [0, 0.1) is 0 Å². The van der Waals surface area contributed by atoms with Gasteiger partial charge >= 0.3 is 0 Å². The van der Waals surface area contributed by atoms with Crippen LogP contribution in [0.3, 0.4) is 0 Å². The number of nitrogens with one attached hydrogen (secondary N) is 1. The van der Waals surface area contributed by atoms with Crippen molar-refractivity contribution in [3.05, 3.63) is 18.2 Å². The number of nitrogens with zero attached hydrogens (tertiary/aromatic N) is 1. The number of hydrogen-bond donors (Lipinski definition) is 1. The van der Waals surface area contributed by atoms with Crippen molar-refractivity contribution in [3.63, 3.8) is 0 Å². The fraction of sp³-hybridized carbons (Fsp3) is 0.500. The Bertz CT molecular complexity index is 555. The molecule has 1 aromatic rings. The molecule has 0 spiro atoms. The van der Waals surface area contributed by atoms with Gasteiger partial charge in [0.25, 0.3) is 0 Å². The Balaban J connectivity index is 1.90. The van der Waals surface area contributed by atoms with E-state index in [-0.39, 0.29) is 18.2 Å². The van der Waals surface area contributed by atoms with Crippen molar-refractivity contribution in [2.24, 2.45) is 0 Å². The molecule has 1 fully saturated rings. The van der Waals surface area contributed by atoms with Gasteiger partial charge in [0.2, 0.25) is 11.8 Å². The maximum Gasteiger partial charge on any atom is 0.226 e. The predicted molar refractivity (Wildman–Crippen MR) is 83.2 cm³/mol. The highest BCUT2D eigenvalue weighted by atomic mass is 16.5. The topological polar surface area (TPSA) is 67.9 Å². The van der Waals surface area contributed by atoms with E-state index in [2.05, 4.69) is 5.32 Å². The van der Waals surface area contributed by atoms with E-state index >= 15 is 0 Å². The van der Waals surface area contributed by atoms with Gasteiger partial charge in [0, 0.05) is 37.7 Å². The van der Waals surface area contributed by atoms with E-state index < -0.39 is 0 Å². The van der Waals surface area contributed by atoms with Crippen molar-refractivity contribution in [1.82, 2.24) is 4.90 Å². The lowest BCUT2D eigenvalue weighted by atomic mass is 10.2. The molecule has 0 aliphatic heterocycles. The first kappa shape index (κ1) is 16.1. The third-order valence-corrected chi connectivity index (χ3v) is 3.64. The van der Waals surface area contributed by atoms with Crippen LogP contribution in [0.15, 0.2) is 18.2 Å². The van der Waals surface area contributed by atoms with E-state index in [0.29, 0.717) is 29.8 Å². The Kier molecular flexibility index (Phi) is 5.25. The molecule has 1 aromatic carbocycles. The highest BCUT2D eigenvalue weighted by Crippen LogP contribution is 2.30. The van der Waals surface area contributed by atoms with Crippen LogP contribution in [0.4, 0.5) is 5.69 Å². The van der Waals surface area contributed by atoms with Gasteiger partial charge in [-0.1, -0.05) is 0 Å². The second-order valence-corrected chi connectivity index (χ2v) is 5.31. The van der Waals surface area contributed by atoms with E-state index in [9.17, 15) is 9.59 Å². The molecule has 22 heavy (non-hydrogen) atoms. The first-order valence-corrected chi connectivity index (χ1v) is 7.34. The molecule has 0 saturated heterocycles. The Morgan fingerprint density at radius 1 is 1.23 bits per heavy atom. The first-order valence-electron chi connectivity index (χ1n) is 7.34. The molecule has 6 nitrogen and oxygen atoms in total. The summed E-state index contributed by atoms with van der Waals surface area (Å²) in [4.78, 5) is 25.3. The van der Waals surface area contributed by atoms with Gasteiger partial charge in [-0.25, -0.2) is 0 Å². The number of carbonyl (C=O) groups excluding carboxylic acids is 2. The summed E-state index contributed by atoms with van der Waals surface area (Å²) >= 11 is 0. The van der Waals surface area contributed by atoms with Gasteiger partial charge in [-0.2, -0.15) is 0 Å². The lowest BCUT2D eigenvalue weighted by molar-refractivity contribution is -0.129. The lowest BCUT2D eigenvalue weighted by Crippen LogP contribution is -2.33. The molecule has 0 atom stereocenters. The molecule has 0 unspecified atom stereocenters. The minimum Gasteiger partial charge on any atom is -0.493 e. The lowest BCUT2D eigenvalue weighted by Gasteiger charge is -2.20. The van der Waals surface area contributed by atoms with Crippen molar-refractivity contribution in [3.8, 4) is 11.5 Å². The van der Waals surface area contributed by atoms with Crippen LogP contribution in [0.5, 0.6) is 11.5 Å².